The van der Waals surface area contributed by atoms with Crippen molar-refractivity contribution in [3.05, 3.63) is 51.8 Å². The Morgan fingerprint density at radius 1 is 1.30 bits per heavy atom. The van der Waals surface area contributed by atoms with Crippen molar-refractivity contribution < 1.29 is 8.78 Å². The highest BCUT2D eigenvalue weighted by atomic mass is 79.9. The lowest BCUT2D eigenvalue weighted by atomic mass is 10.0. The van der Waals surface area contributed by atoms with E-state index in [9.17, 15) is 8.78 Å². The average Bonchev–Trinajstić information content (AvgIpc) is 2.78. The molecule has 0 saturated heterocycles. The molecular formula is C14H16BrF2N3. The van der Waals surface area contributed by atoms with E-state index in [1.165, 1.54) is 6.07 Å². The average molecular weight is 344 g/mol. The maximum atomic E-state index is 14.0. The highest BCUT2D eigenvalue weighted by molar-refractivity contribution is 9.10. The number of nitrogens with zero attached hydrogens (tertiary/aromatic N) is 2. The Bertz CT molecular complexity index is 610. The zero-order chi connectivity index (χ0) is 14.9. The molecule has 3 nitrogen and oxygen atoms in total. The topological polar surface area (TPSA) is 29.9 Å². The molecule has 108 valence electrons. The van der Waals surface area contributed by atoms with Crippen molar-refractivity contribution in [1.29, 1.82) is 0 Å². The van der Waals surface area contributed by atoms with E-state index in [0.717, 1.165) is 16.2 Å². The van der Waals surface area contributed by atoms with Crippen molar-refractivity contribution in [2.45, 2.75) is 25.9 Å². The van der Waals surface area contributed by atoms with E-state index in [0.29, 0.717) is 0 Å². The van der Waals surface area contributed by atoms with Crippen LogP contribution in [0.25, 0.3) is 0 Å². The first kappa shape index (κ1) is 15.1. The summed E-state index contributed by atoms with van der Waals surface area (Å²) in [5.41, 5.74) is 1.03. The van der Waals surface area contributed by atoms with E-state index in [-0.39, 0.29) is 11.6 Å². The van der Waals surface area contributed by atoms with E-state index >= 15 is 0 Å². The number of aromatic nitrogens is 2. The van der Waals surface area contributed by atoms with Crippen molar-refractivity contribution in [3.63, 3.8) is 0 Å². The fourth-order valence-corrected chi connectivity index (χ4v) is 2.72. The number of nitrogens with one attached hydrogen (secondary N) is 1. The summed E-state index contributed by atoms with van der Waals surface area (Å²) in [6.07, 6.45) is 1.66. The van der Waals surface area contributed by atoms with E-state index in [2.05, 4.69) is 26.3 Å². The summed E-state index contributed by atoms with van der Waals surface area (Å²) in [5.74, 6) is -1.69. The van der Waals surface area contributed by atoms with Crippen LogP contribution in [0.4, 0.5) is 8.78 Å². The molecule has 2 aromatic rings. The molecule has 0 aliphatic carbocycles. The van der Waals surface area contributed by atoms with Gasteiger partial charge in [-0.1, -0.05) is 12.1 Å². The van der Waals surface area contributed by atoms with Gasteiger partial charge in [-0.3, -0.25) is 4.68 Å². The normalized spacial score (nSPS) is 12.9. The van der Waals surface area contributed by atoms with Crippen LogP contribution in [0.5, 0.6) is 0 Å². The van der Waals surface area contributed by atoms with Gasteiger partial charge in [0, 0.05) is 11.6 Å². The zero-order valence-electron chi connectivity index (χ0n) is 11.5. The highest BCUT2D eigenvalue weighted by Crippen LogP contribution is 2.32. The van der Waals surface area contributed by atoms with Gasteiger partial charge in [0.05, 0.1) is 22.4 Å². The third-order valence-corrected chi connectivity index (χ3v) is 3.74. The van der Waals surface area contributed by atoms with E-state index in [1.54, 1.807) is 24.0 Å². The molecule has 1 aromatic heterocycles. The molecule has 0 radical (unpaired) electrons. The van der Waals surface area contributed by atoms with E-state index in [4.69, 9.17) is 0 Å². The monoisotopic (exact) mass is 343 g/mol. The van der Waals surface area contributed by atoms with Gasteiger partial charge in [0.2, 0.25) is 0 Å². The van der Waals surface area contributed by atoms with Crippen LogP contribution in [-0.2, 0) is 0 Å². The van der Waals surface area contributed by atoms with Gasteiger partial charge >= 0.3 is 0 Å². The summed E-state index contributed by atoms with van der Waals surface area (Å²) >= 11 is 3.43. The maximum absolute atomic E-state index is 14.0. The Morgan fingerprint density at radius 2 is 2.00 bits per heavy atom. The molecule has 0 bridgehead atoms. The second-order valence-corrected chi connectivity index (χ2v) is 5.64. The summed E-state index contributed by atoms with van der Waals surface area (Å²) in [4.78, 5) is 0. The molecule has 6 heteroatoms. The van der Waals surface area contributed by atoms with Crippen LogP contribution in [-0.4, -0.2) is 16.8 Å². The third kappa shape index (κ3) is 2.62. The van der Waals surface area contributed by atoms with Crippen LogP contribution in [0.3, 0.4) is 0 Å². The largest absolute Gasteiger partial charge is 0.308 e. The first-order valence-corrected chi connectivity index (χ1v) is 7.10. The molecule has 0 saturated carbocycles. The molecule has 1 N–H and O–H groups in total. The number of hydrogen-bond acceptors (Lipinski definition) is 2. The van der Waals surface area contributed by atoms with Crippen molar-refractivity contribution in [1.82, 2.24) is 15.1 Å². The highest BCUT2D eigenvalue weighted by Gasteiger charge is 2.25. The molecule has 2 rings (SSSR count). The standard InChI is InChI=1S/C14H16BrF2N3/c1-8(2)20-14(10(15)7-19-20)13(18-3)9-5-4-6-11(16)12(9)17/h4-8,13,18H,1-3H3. The minimum Gasteiger partial charge on any atom is -0.308 e. The van der Waals surface area contributed by atoms with Gasteiger partial charge in [-0.2, -0.15) is 5.10 Å². The molecule has 1 aromatic carbocycles. The minimum absolute atomic E-state index is 0.115. The van der Waals surface area contributed by atoms with Crippen LogP contribution in [0, 0.1) is 11.6 Å². The van der Waals surface area contributed by atoms with Crippen LogP contribution >= 0.6 is 15.9 Å². The smallest absolute Gasteiger partial charge is 0.163 e. The molecule has 1 heterocycles. The third-order valence-electron chi connectivity index (χ3n) is 3.13. The quantitative estimate of drug-likeness (QED) is 0.914. The van der Waals surface area contributed by atoms with E-state index < -0.39 is 17.7 Å². The predicted octanol–water partition coefficient (Wildman–Crippen LogP) is 3.81. The lowest BCUT2D eigenvalue weighted by Gasteiger charge is -2.21. The molecule has 0 amide bonds. The molecule has 0 spiro atoms. The molecule has 20 heavy (non-hydrogen) atoms. The van der Waals surface area contributed by atoms with Crippen LogP contribution < -0.4 is 5.32 Å². The summed E-state index contributed by atoms with van der Waals surface area (Å²) in [5, 5.41) is 7.30. The van der Waals surface area contributed by atoms with E-state index in [1.807, 2.05) is 13.8 Å². The second-order valence-electron chi connectivity index (χ2n) is 4.78. The van der Waals surface area contributed by atoms with Crippen LogP contribution in [0.2, 0.25) is 0 Å². The fraction of sp³-hybridized carbons (Fsp3) is 0.357. The van der Waals surface area contributed by atoms with Gasteiger partial charge in [-0.05, 0) is 42.9 Å². The lowest BCUT2D eigenvalue weighted by Crippen LogP contribution is -2.24. The number of rotatable bonds is 4. The predicted molar refractivity (Wildman–Crippen MR) is 77.6 cm³/mol. The molecule has 0 aliphatic rings. The fourth-order valence-electron chi connectivity index (χ4n) is 2.22. The Morgan fingerprint density at radius 3 is 2.60 bits per heavy atom. The summed E-state index contributed by atoms with van der Waals surface area (Å²) in [6, 6.07) is 3.82. The summed E-state index contributed by atoms with van der Waals surface area (Å²) in [6.45, 7) is 3.97. The summed E-state index contributed by atoms with van der Waals surface area (Å²) < 4.78 is 30.0. The lowest BCUT2D eigenvalue weighted by molar-refractivity contribution is 0.458. The number of benzene rings is 1. The molecule has 0 fully saturated rings. The first-order valence-electron chi connectivity index (χ1n) is 6.31. The van der Waals surface area contributed by atoms with Gasteiger partial charge in [0.25, 0.3) is 0 Å². The Hall–Kier alpha value is -1.27. The Kier molecular flexibility index (Phi) is 4.55. The van der Waals surface area contributed by atoms with Crippen molar-refractivity contribution in [3.8, 4) is 0 Å². The van der Waals surface area contributed by atoms with Gasteiger partial charge < -0.3 is 5.32 Å². The van der Waals surface area contributed by atoms with Gasteiger partial charge in [-0.15, -0.1) is 0 Å². The Balaban J connectivity index is 2.58. The molecule has 0 aliphatic heterocycles. The van der Waals surface area contributed by atoms with Crippen molar-refractivity contribution in [2.24, 2.45) is 0 Å². The second kappa shape index (κ2) is 6.01. The maximum Gasteiger partial charge on any atom is 0.163 e. The first-order chi connectivity index (χ1) is 9.47. The molecule has 1 unspecified atom stereocenters. The SMILES string of the molecule is CNC(c1cccc(F)c1F)c1c(Br)cnn1C(C)C. The van der Waals surface area contributed by atoms with Crippen LogP contribution in [0.15, 0.2) is 28.9 Å². The zero-order valence-corrected chi connectivity index (χ0v) is 13.1. The van der Waals surface area contributed by atoms with Crippen molar-refractivity contribution in [2.75, 3.05) is 7.05 Å². The van der Waals surface area contributed by atoms with Gasteiger partial charge in [-0.25, -0.2) is 8.78 Å². The van der Waals surface area contributed by atoms with Crippen molar-refractivity contribution >= 4 is 15.9 Å². The van der Waals surface area contributed by atoms with Gasteiger partial charge in [0.15, 0.2) is 11.6 Å². The minimum atomic E-state index is -0.852. The van der Waals surface area contributed by atoms with Gasteiger partial charge in [0.1, 0.15) is 0 Å². The molecule has 1 atom stereocenters. The molecular weight excluding hydrogens is 328 g/mol. The number of hydrogen-bond donors (Lipinski definition) is 1. The summed E-state index contributed by atoms with van der Waals surface area (Å²) in [7, 11) is 1.71. The van der Waals surface area contributed by atoms with Crippen LogP contribution in [0.1, 0.15) is 37.2 Å². The Labute approximate surface area is 125 Å². The number of halogens is 3.